The highest BCUT2D eigenvalue weighted by Gasteiger charge is 2.33. The summed E-state index contributed by atoms with van der Waals surface area (Å²) < 4.78 is 64.6. The molecule has 0 saturated carbocycles. The van der Waals surface area contributed by atoms with Crippen molar-refractivity contribution in [1.29, 1.82) is 0 Å². The van der Waals surface area contributed by atoms with E-state index in [0.717, 1.165) is 12.1 Å². The SMILES string of the molecule is FC[C@@H](c1cc(F)cc(C(F)(F)F)c1)N1CCNCC1. The van der Waals surface area contributed by atoms with Crippen molar-refractivity contribution in [3.63, 3.8) is 0 Å². The molecular weight excluding hydrogens is 279 g/mol. The maximum absolute atomic E-state index is 13.4. The monoisotopic (exact) mass is 294 g/mol. The Morgan fingerprint density at radius 2 is 1.80 bits per heavy atom. The smallest absolute Gasteiger partial charge is 0.314 e. The molecule has 1 aromatic rings. The van der Waals surface area contributed by atoms with Gasteiger partial charge in [0.15, 0.2) is 0 Å². The van der Waals surface area contributed by atoms with Crippen LogP contribution in [0.25, 0.3) is 0 Å². The van der Waals surface area contributed by atoms with Gasteiger partial charge in [0.1, 0.15) is 12.5 Å². The molecule has 1 N–H and O–H groups in total. The molecule has 0 bridgehead atoms. The van der Waals surface area contributed by atoms with E-state index in [9.17, 15) is 22.0 Å². The van der Waals surface area contributed by atoms with Crippen molar-refractivity contribution in [2.45, 2.75) is 12.2 Å². The van der Waals surface area contributed by atoms with Gasteiger partial charge in [-0.25, -0.2) is 8.78 Å². The summed E-state index contributed by atoms with van der Waals surface area (Å²) in [5.41, 5.74) is -1.05. The maximum atomic E-state index is 13.4. The summed E-state index contributed by atoms with van der Waals surface area (Å²) in [4.78, 5) is 1.73. The lowest BCUT2D eigenvalue weighted by Crippen LogP contribution is -2.45. The second-order valence-electron chi connectivity index (χ2n) is 4.73. The summed E-state index contributed by atoms with van der Waals surface area (Å²) in [5.74, 6) is -0.997. The summed E-state index contributed by atoms with van der Waals surface area (Å²) in [7, 11) is 0. The number of rotatable bonds is 3. The first-order chi connectivity index (χ1) is 9.41. The second kappa shape index (κ2) is 6.05. The number of piperazine rings is 1. The van der Waals surface area contributed by atoms with E-state index in [4.69, 9.17) is 0 Å². The average molecular weight is 294 g/mol. The third-order valence-corrected chi connectivity index (χ3v) is 3.37. The predicted octanol–water partition coefficient (Wildman–Crippen LogP) is 2.76. The van der Waals surface area contributed by atoms with Gasteiger partial charge in [-0.1, -0.05) is 0 Å². The number of alkyl halides is 4. The number of nitrogens with one attached hydrogen (secondary N) is 1. The lowest BCUT2D eigenvalue weighted by molar-refractivity contribution is -0.137. The summed E-state index contributed by atoms with van der Waals surface area (Å²) >= 11 is 0. The van der Waals surface area contributed by atoms with Crippen LogP contribution >= 0.6 is 0 Å². The Morgan fingerprint density at radius 1 is 1.15 bits per heavy atom. The molecule has 0 unspecified atom stereocenters. The third-order valence-electron chi connectivity index (χ3n) is 3.37. The highest BCUT2D eigenvalue weighted by atomic mass is 19.4. The minimum absolute atomic E-state index is 0.0294. The molecule has 20 heavy (non-hydrogen) atoms. The predicted molar refractivity (Wildman–Crippen MR) is 64.6 cm³/mol. The van der Waals surface area contributed by atoms with Crippen LogP contribution in [0, 0.1) is 5.82 Å². The molecule has 1 heterocycles. The molecule has 1 saturated heterocycles. The Labute approximate surface area is 113 Å². The van der Waals surface area contributed by atoms with Crippen LogP contribution in [-0.2, 0) is 6.18 Å². The van der Waals surface area contributed by atoms with E-state index in [1.165, 1.54) is 0 Å². The molecular formula is C13H15F5N2. The molecule has 1 aromatic carbocycles. The zero-order valence-corrected chi connectivity index (χ0v) is 10.7. The Balaban J connectivity index is 2.31. The summed E-state index contributed by atoms with van der Waals surface area (Å²) in [5, 5.41) is 3.07. The minimum Gasteiger partial charge on any atom is -0.314 e. The number of halogens is 5. The number of hydrogen-bond donors (Lipinski definition) is 1. The van der Waals surface area contributed by atoms with E-state index in [-0.39, 0.29) is 5.56 Å². The first-order valence-electron chi connectivity index (χ1n) is 6.30. The van der Waals surface area contributed by atoms with Crippen LogP contribution in [0.15, 0.2) is 18.2 Å². The van der Waals surface area contributed by atoms with Gasteiger partial charge in [-0.2, -0.15) is 13.2 Å². The fourth-order valence-electron chi connectivity index (χ4n) is 2.36. The van der Waals surface area contributed by atoms with Crippen molar-refractivity contribution in [3.05, 3.63) is 35.1 Å². The topological polar surface area (TPSA) is 15.3 Å². The molecule has 0 spiro atoms. The van der Waals surface area contributed by atoms with Crippen LogP contribution in [0.3, 0.4) is 0 Å². The fourth-order valence-corrected chi connectivity index (χ4v) is 2.36. The lowest BCUT2D eigenvalue weighted by atomic mass is 10.0. The van der Waals surface area contributed by atoms with Gasteiger partial charge in [0.05, 0.1) is 11.6 Å². The van der Waals surface area contributed by atoms with Gasteiger partial charge < -0.3 is 5.32 Å². The number of nitrogens with zero attached hydrogens (tertiary/aromatic N) is 1. The largest absolute Gasteiger partial charge is 0.416 e. The van der Waals surface area contributed by atoms with Crippen molar-refractivity contribution < 1.29 is 22.0 Å². The minimum atomic E-state index is -4.64. The van der Waals surface area contributed by atoms with Crippen LogP contribution in [0.2, 0.25) is 0 Å². The Bertz CT molecular complexity index is 455. The first-order valence-corrected chi connectivity index (χ1v) is 6.30. The number of benzene rings is 1. The zero-order valence-electron chi connectivity index (χ0n) is 10.7. The van der Waals surface area contributed by atoms with E-state index in [0.29, 0.717) is 32.2 Å². The van der Waals surface area contributed by atoms with Crippen molar-refractivity contribution in [1.82, 2.24) is 10.2 Å². The van der Waals surface area contributed by atoms with E-state index < -0.39 is 30.3 Å². The Morgan fingerprint density at radius 3 is 2.35 bits per heavy atom. The van der Waals surface area contributed by atoms with Crippen LogP contribution in [0.1, 0.15) is 17.2 Å². The van der Waals surface area contributed by atoms with E-state index in [1.807, 2.05) is 0 Å². The van der Waals surface area contributed by atoms with E-state index in [2.05, 4.69) is 5.32 Å². The van der Waals surface area contributed by atoms with Gasteiger partial charge in [-0.05, 0) is 23.8 Å². The average Bonchev–Trinajstić information content (AvgIpc) is 2.39. The molecule has 1 atom stereocenters. The summed E-state index contributed by atoms with van der Waals surface area (Å²) in [6.07, 6.45) is -4.64. The van der Waals surface area contributed by atoms with Crippen molar-refractivity contribution in [2.24, 2.45) is 0 Å². The molecule has 1 aliphatic rings. The van der Waals surface area contributed by atoms with Crippen LogP contribution in [-0.4, -0.2) is 37.8 Å². The van der Waals surface area contributed by atoms with Gasteiger partial charge >= 0.3 is 6.18 Å². The van der Waals surface area contributed by atoms with Crippen molar-refractivity contribution in [3.8, 4) is 0 Å². The van der Waals surface area contributed by atoms with E-state index in [1.54, 1.807) is 4.90 Å². The molecule has 7 heteroatoms. The van der Waals surface area contributed by atoms with Gasteiger partial charge in [0.2, 0.25) is 0 Å². The fraction of sp³-hybridized carbons (Fsp3) is 0.538. The lowest BCUT2D eigenvalue weighted by Gasteiger charge is -2.33. The molecule has 0 radical (unpaired) electrons. The van der Waals surface area contributed by atoms with E-state index >= 15 is 0 Å². The van der Waals surface area contributed by atoms with Crippen LogP contribution < -0.4 is 5.32 Å². The zero-order chi connectivity index (χ0) is 14.8. The third kappa shape index (κ3) is 3.46. The van der Waals surface area contributed by atoms with Crippen LogP contribution in [0.4, 0.5) is 22.0 Å². The molecule has 2 rings (SSSR count). The molecule has 112 valence electrons. The molecule has 0 aromatic heterocycles. The van der Waals surface area contributed by atoms with Gasteiger partial charge in [0.25, 0.3) is 0 Å². The van der Waals surface area contributed by atoms with Crippen molar-refractivity contribution in [2.75, 3.05) is 32.9 Å². The number of hydrogen-bond acceptors (Lipinski definition) is 2. The molecule has 2 nitrogen and oxygen atoms in total. The summed E-state index contributed by atoms with van der Waals surface area (Å²) in [6.45, 7) is 1.47. The molecule has 0 amide bonds. The quantitative estimate of drug-likeness (QED) is 0.862. The first kappa shape index (κ1) is 15.2. The Hall–Kier alpha value is -1.21. The maximum Gasteiger partial charge on any atom is 0.416 e. The highest BCUT2D eigenvalue weighted by molar-refractivity contribution is 5.29. The summed E-state index contributed by atoms with van der Waals surface area (Å²) in [6, 6.07) is 1.39. The van der Waals surface area contributed by atoms with Crippen molar-refractivity contribution >= 4 is 0 Å². The Kier molecular flexibility index (Phi) is 4.59. The van der Waals surface area contributed by atoms with Gasteiger partial charge in [0, 0.05) is 26.2 Å². The standard InChI is InChI=1S/C13H15F5N2/c14-8-12(20-3-1-19-2-4-20)9-5-10(13(16,17)18)7-11(15)6-9/h5-7,12,19H,1-4,8H2/t12-/m0/s1. The van der Waals surface area contributed by atoms with Gasteiger partial charge in [-0.15, -0.1) is 0 Å². The van der Waals surface area contributed by atoms with Gasteiger partial charge in [-0.3, -0.25) is 4.90 Å². The molecule has 1 aliphatic heterocycles. The molecule has 0 aliphatic carbocycles. The second-order valence-corrected chi connectivity index (χ2v) is 4.73. The molecule has 1 fully saturated rings. The van der Waals surface area contributed by atoms with Crippen LogP contribution in [0.5, 0.6) is 0 Å². The normalized spacial score (nSPS) is 19.1. The highest BCUT2D eigenvalue weighted by Crippen LogP contribution is 2.33.